The van der Waals surface area contributed by atoms with E-state index in [4.69, 9.17) is 5.73 Å². The number of carbonyl (C=O) groups is 1. The van der Waals surface area contributed by atoms with Gasteiger partial charge in [-0.15, -0.1) is 0 Å². The van der Waals surface area contributed by atoms with Crippen LogP contribution < -0.4 is 21.9 Å². The zero-order chi connectivity index (χ0) is 21.8. The monoisotopic (exact) mass is 410 g/mol. The third kappa shape index (κ3) is 4.24. The molecule has 2 aromatic heterocycles. The number of fused-ring (bicyclic) bond motifs is 1. The van der Waals surface area contributed by atoms with Gasteiger partial charge in [0.05, 0.1) is 17.2 Å². The zero-order valence-corrected chi connectivity index (χ0v) is 17.4. The van der Waals surface area contributed by atoms with Gasteiger partial charge in [-0.25, -0.2) is 9.78 Å². The van der Waals surface area contributed by atoms with Crippen LogP contribution in [0.15, 0.2) is 40.1 Å². The van der Waals surface area contributed by atoms with Crippen molar-refractivity contribution in [2.24, 2.45) is 5.92 Å². The third-order valence-electron chi connectivity index (χ3n) is 4.68. The molecule has 0 radical (unpaired) electrons. The first-order valence-electron chi connectivity index (χ1n) is 9.99. The van der Waals surface area contributed by atoms with E-state index in [0.29, 0.717) is 24.0 Å². The summed E-state index contributed by atoms with van der Waals surface area (Å²) in [7, 11) is 0. The Hall–Kier alpha value is -3.49. The van der Waals surface area contributed by atoms with Gasteiger partial charge in [0.25, 0.3) is 11.5 Å². The molecule has 0 saturated heterocycles. The number of unbranched alkanes of at least 4 members (excludes halogenated alkanes) is 1. The van der Waals surface area contributed by atoms with Gasteiger partial charge in [-0.3, -0.25) is 29.0 Å². The highest BCUT2D eigenvalue weighted by molar-refractivity contribution is 6.06. The second-order valence-corrected chi connectivity index (χ2v) is 7.55. The minimum Gasteiger partial charge on any atom is -0.383 e. The molecule has 0 spiro atoms. The number of carbonyl (C=O) groups excluding carboxylic acids is 1. The number of hydrogen-bond donors (Lipinski definition) is 2. The minimum atomic E-state index is -0.698. The smallest absolute Gasteiger partial charge is 0.330 e. The molecular weight excluding hydrogens is 384 g/mol. The van der Waals surface area contributed by atoms with Crippen LogP contribution in [0.4, 0.5) is 11.5 Å². The van der Waals surface area contributed by atoms with E-state index in [9.17, 15) is 14.4 Å². The molecule has 158 valence electrons. The van der Waals surface area contributed by atoms with Crippen molar-refractivity contribution in [2.45, 2.75) is 40.2 Å². The van der Waals surface area contributed by atoms with Crippen molar-refractivity contribution in [3.05, 3.63) is 57.0 Å². The number of nitrogens with one attached hydrogen (secondary N) is 1. The lowest BCUT2D eigenvalue weighted by molar-refractivity contribution is 0.0981. The van der Waals surface area contributed by atoms with Gasteiger partial charge in [-0.05, 0) is 24.5 Å². The molecule has 1 aromatic carbocycles. The predicted molar refractivity (Wildman–Crippen MR) is 117 cm³/mol. The van der Waals surface area contributed by atoms with E-state index >= 15 is 0 Å². The summed E-state index contributed by atoms with van der Waals surface area (Å²) in [5.74, 6) is -0.404. The average molecular weight is 410 g/mol. The molecule has 0 aliphatic rings. The first-order valence-corrected chi connectivity index (χ1v) is 9.99. The van der Waals surface area contributed by atoms with Crippen LogP contribution in [0.1, 0.15) is 44.1 Å². The number of nitrogens with zero attached hydrogens (tertiary/aromatic N) is 4. The fourth-order valence-electron chi connectivity index (χ4n) is 3.21. The number of nitrogens with two attached hydrogens (primary N) is 1. The molecule has 3 aromatic rings. The van der Waals surface area contributed by atoms with Crippen LogP contribution in [0.2, 0.25) is 0 Å². The molecular formula is C21H26N6O3. The van der Waals surface area contributed by atoms with Gasteiger partial charge in [-0.2, -0.15) is 0 Å². The summed E-state index contributed by atoms with van der Waals surface area (Å²) >= 11 is 0. The Kier molecular flexibility index (Phi) is 6.29. The molecule has 2 heterocycles. The molecule has 0 saturated carbocycles. The molecule has 9 nitrogen and oxygen atoms in total. The lowest BCUT2D eigenvalue weighted by Gasteiger charge is -2.24. The first-order chi connectivity index (χ1) is 14.3. The van der Waals surface area contributed by atoms with Crippen LogP contribution in [-0.4, -0.2) is 32.0 Å². The Morgan fingerprint density at radius 3 is 2.60 bits per heavy atom. The van der Waals surface area contributed by atoms with Gasteiger partial charge in [-0.1, -0.05) is 39.3 Å². The molecule has 1 amide bonds. The lowest BCUT2D eigenvalue weighted by Crippen LogP contribution is -2.42. The fraction of sp³-hybridized carbons (Fsp3) is 0.381. The Balaban J connectivity index is 2.13. The first kappa shape index (κ1) is 21.2. The Bertz CT molecular complexity index is 1180. The maximum atomic E-state index is 13.3. The number of amides is 1. The maximum Gasteiger partial charge on any atom is 0.330 e. The van der Waals surface area contributed by atoms with Crippen LogP contribution in [0.25, 0.3) is 11.0 Å². The molecule has 30 heavy (non-hydrogen) atoms. The second-order valence-electron chi connectivity index (χ2n) is 7.55. The molecule has 0 unspecified atom stereocenters. The van der Waals surface area contributed by atoms with E-state index in [0.717, 1.165) is 6.42 Å². The summed E-state index contributed by atoms with van der Waals surface area (Å²) in [5, 5.41) is 0. The number of para-hydroxylation sites is 2. The quantitative estimate of drug-likeness (QED) is 0.614. The summed E-state index contributed by atoms with van der Waals surface area (Å²) in [5.41, 5.74) is 6.23. The van der Waals surface area contributed by atoms with Crippen molar-refractivity contribution in [1.82, 2.24) is 19.5 Å². The van der Waals surface area contributed by atoms with E-state index in [1.165, 1.54) is 15.7 Å². The lowest BCUT2D eigenvalue weighted by atomic mass is 10.2. The molecule has 0 fully saturated rings. The van der Waals surface area contributed by atoms with Gasteiger partial charge < -0.3 is 5.73 Å². The summed E-state index contributed by atoms with van der Waals surface area (Å²) in [6, 6.07) is 7.21. The van der Waals surface area contributed by atoms with Gasteiger partial charge >= 0.3 is 5.69 Å². The number of hydrogen-bond acceptors (Lipinski definition) is 6. The number of H-pyrrole nitrogens is 1. The summed E-state index contributed by atoms with van der Waals surface area (Å²) in [6.07, 6.45) is 2.84. The van der Waals surface area contributed by atoms with Crippen molar-refractivity contribution in [1.29, 1.82) is 0 Å². The summed E-state index contributed by atoms with van der Waals surface area (Å²) < 4.78 is 1.29. The Morgan fingerprint density at radius 1 is 1.23 bits per heavy atom. The third-order valence-corrected chi connectivity index (χ3v) is 4.68. The molecule has 3 rings (SSSR count). The fourth-order valence-corrected chi connectivity index (χ4v) is 3.21. The van der Waals surface area contributed by atoms with Gasteiger partial charge in [0, 0.05) is 13.1 Å². The number of nitrogen functional groups attached to an aromatic ring is 1. The van der Waals surface area contributed by atoms with Crippen molar-refractivity contribution >= 4 is 28.4 Å². The van der Waals surface area contributed by atoms with E-state index in [1.807, 2.05) is 32.9 Å². The van der Waals surface area contributed by atoms with Gasteiger partial charge in [0.1, 0.15) is 11.5 Å². The van der Waals surface area contributed by atoms with Crippen LogP contribution >= 0.6 is 0 Å². The van der Waals surface area contributed by atoms with Gasteiger partial charge in [0.15, 0.2) is 5.69 Å². The highest BCUT2D eigenvalue weighted by Gasteiger charge is 2.26. The Labute approximate surface area is 173 Å². The summed E-state index contributed by atoms with van der Waals surface area (Å²) in [6.45, 7) is 6.42. The van der Waals surface area contributed by atoms with E-state index in [2.05, 4.69) is 15.0 Å². The average Bonchev–Trinajstić information content (AvgIpc) is 2.72. The molecule has 3 N–H and O–H groups in total. The summed E-state index contributed by atoms with van der Waals surface area (Å²) in [4.78, 5) is 50.6. The molecule has 9 heteroatoms. The zero-order valence-electron chi connectivity index (χ0n) is 17.4. The second kappa shape index (κ2) is 8.89. The van der Waals surface area contributed by atoms with Crippen molar-refractivity contribution < 1.29 is 4.79 Å². The van der Waals surface area contributed by atoms with Crippen LogP contribution in [0.3, 0.4) is 0 Å². The van der Waals surface area contributed by atoms with Crippen molar-refractivity contribution in [2.75, 3.05) is 17.2 Å². The van der Waals surface area contributed by atoms with Crippen LogP contribution in [0, 0.1) is 5.92 Å². The number of aromatic amines is 1. The standard InChI is InChI=1S/C21H26N6O3/c1-4-5-10-26(17-18(22)27(12-13(2)3)21(30)25-19(17)28)20(29)16-11-23-14-8-6-7-9-15(14)24-16/h6-9,11,13H,4-5,10,12,22H2,1-3H3,(H,25,28,30). The Morgan fingerprint density at radius 2 is 1.93 bits per heavy atom. The number of anilines is 2. The van der Waals surface area contributed by atoms with Crippen LogP contribution in [-0.2, 0) is 6.54 Å². The number of benzene rings is 1. The molecule has 0 atom stereocenters. The van der Waals surface area contributed by atoms with E-state index in [-0.39, 0.29) is 29.7 Å². The van der Waals surface area contributed by atoms with Crippen LogP contribution in [0.5, 0.6) is 0 Å². The highest BCUT2D eigenvalue weighted by atomic mass is 16.2. The largest absolute Gasteiger partial charge is 0.383 e. The predicted octanol–water partition coefficient (Wildman–Crippen LogP) is 2.16. The molecule has 0 aliphatic heterocycles. The molecule has 0 bridgehead atoms. The van der Waals surface area contributed by atoms with Crippen molar-refractivity contribution in [3.8, 4) is 0 Å². The SMILES string of the molecule is CCCCN(C(=O)c1cnc2ccccc2n1)c1c(N)n(CC(C)C)c(=O)[nH]c1=O. The van der Waals surface area contributed by atoms with E-state index < -0.39 is 17.2 Å². The van der Waals surface area contributed by atoms with Crippen molar-refractivity contribution in [3.63, 3.8) is 0 Å². The van der Waals surface area contributed by atoms with E-state index in [1.54, 1.807) is 12.1 Å². The maximum absolute atomic E-state index is 13.3. The number of rotatable bonds is 7. The van der Waals surface area contributed by atoms with Gasteiger partial charge in [0.2, 0.25) is 0 Å². The normalized spacial score (nSPS) is 11.2. The topological polar surface area (TPSA) is 127 Å². The molecule has 0 aliphatic carbocycles. The minimum absolute atomic E-state index is 0.0318. The highest BCUT2D eigenvalue weighted by Crippen LogP contribution is 2.21. The number of aromatic nitrogens is 4.